The molecule has 2 aromatic heterocycles. The fraction of sp³-hybridized carbons (Fsp3) is 0.120. The summed E-state index contributed by atoms with van der Waals surface area (Å²) < 4.78 is 0. The summed E-state index contributed by atoms with van der Waals surface area (Å²) in [4.78, 5) is 22.7. The Hall–Kier alpha value is -3.28. The van der Waals surface area contributed by atoms with E-state index in [0.29, 0.717) is 11.9 Å². The first kappa shape index (κ1) is 18.7. The third kappa shape index (κ3) is 3.65. The quantitative estimate of drug-likeness (QED) is 0.458. The van der Waals surface area contributed by atoms with Crippen molar-refractivity contribution < 1.29 is 4.90 Å². The van der Waals surface area contributed by atoms with Crippen molar-refractivity contribution in [2.75, 3.05) is 7.05 Å². The molecule has 0 bridgehead atoms. The molecule has 0 aliphatic rings. The monoisotopic (exact) mass is 412 g/mol. The topological polar surface area (TPSA) is 50.2 Å². The lowest BCUT2D eigenvalue weighted by Gasteiger charge is -2.14. The van der Waals surface area contributed by atoms with Gasteiger partial charge in [0, 0.05) is 16.5 Å². The van der Waals surface area contributed by atoms with Crippen LogP contribution in [0.2, 0.25) is 0 Å². The standard InChI is InChI=1S/C25H21N3OS/c1-28(14-17-11-12-18-7-5-6-10-20(18)13-17)15-22-26-24(29)23-21(16-30-25(23)27-22)19-8-3-2-4-9-19/h2-13,16H,14-15H2,1H3,(H,26,27,29)/p+1. The van der Waals surface area contributed by atoms with Crippen molar-refractivity contribution in [3.05, 3.63) is 99.9 Å². The fourth-order valence-electron chi connectivity index (χ4n) is 3.95. The summed E-state index contributed by atoms with van der Waals surface area (Å²) in [5, 5.41) is 5.21. The number of hydrogen-bond acceptors (Lipinski definition) is 3. The van der Waals surface area contributed by atoms with Crippen molar-refractivity contribution in [3.63, 3.8) is 0 Å². The molecule has 0 aliphatic carbocycles. The smallest absolute Gasteiger partial charge is 0.260 e. The van der Waals surface area contributed by atoms with Gasteiger partial charge in [-0.25, -0.2) is 4.98 Å². The highest BCUT2D eigenvalue weighted by atomic mass is 32.1. The van der Waals surface area contributed by atoms with Gasteiger partial charge in [-0.3, -0.25) is 4.79 Å². The van der Waals surface area contributed by atoms with Crippen LogP contribution < -0.4 is 10.5 Å². The first-order valence-electron chi connectivity index (χ1n) is 10.0. The molecule has 0 radical (unpaired) electrons. The van der Waals surface area contributed by atoms with Crippen molar-refractivity contribution in [1.82, 2.24) is 9.97 Å². The Morgan fingerprint density at radius 1 is 0.933 bits per heavy atom. The first-order valence-corrected chi connectivity index (χ1v) is 10.9. The van der Waals surface area contributed by atoms with Crippen LogP contribution in [-0.4, -0.2) is 17.0 Å². The van der Waals surface area contributed by atoms with Crippen molar-refractivity contribution >= 4 is 32.3 Å². The Balaban J connectivity index is 1.39. The number of aromatic amines is 1. The van der Waals surface area contributed by atoms with Crippen molar-refractivity contribution in [3.8, 4) is 11.1 Å². The molecule has 30 heavy (non-hydrogen) atoms. The highest BCUT2D eigenvalue weighted by Gasteiger charge is 2.15. The molecule has 0 saturated carbocycles. The van der Waals surface area contributed by atoms with E-state index in [2.05, 4.69) is 54.5 Å². The van der Waals surface area contributed by atoms with Crippen molar-refractivity contribution in [2.24, 2.45) is 0 Å². The maximum Gasteiger partial charge on any atom is 0.260 e. The van der Waals surface area contributed by atoms with Crippen LogP contribution in [0.15, 0.2) is 83.0 Å². The largest absolute Gasteiger partial charge is 0.327 e. The maximum atomic E-state index is 12.8. The van der Waals surface area contributed by atoms with E-state index in [4.69, 9.17) is 4.98 Å². The predicted octanol–water partition coefficient (Wildman–Crippen LogP) is 4.02. The van der Waals surface area contributed by atoms with Crippen LogP contribution >= 0.6 is 11.3 Å². The average Bonchev–Trinajstić information content (AvgIpc) is 3.19. The van der Waals surface area contributed by atoms with Crippen LogP contribution in [0.25, 0.3) is 32.1 Å². The van der Waals surface area contributed by atoms with Crippen LogP contribution in [0.5, 0.6) is 0 Å². The summed E-state index contributed by atoms with van der Waals surface area (Å²) in [5.41, 5.74) is 3.21. The van der Waals surface area contributed by atoms with Gasteiger partial charge in [0.25, 0.3) is 5.56 Å². The van der Waals surface area contributed by atoms with E-state index in [1.165, 1.54) is 32.6 Å². The summed E-state index contributed by atoms with van der Waals surface area (Å²) in [7, 11) is 2.13. The molecule has 1 unspecified atom stereocenters. The summed E-state index contributed by atoms with van der Waals surface area (Å²) in [6.07, 6.45) is 0. The van der Waals surface area contributed by atoms with Gasteiger partial charge in [-0.1, -0.05) is 66.7 Å². The second-order valence-corrected chi connectivity index (χ2v) is 8.56. The van der Waals surface area contributed by atoms with Crippen molar-refractivity contribution in [2.45, 2.75) is 13.1 Å². The lowest BCUT2D eigenvalue weighted by Crippen LogP contribution is -3.06. The minimum Gasteiger partial charge on any atom is -0.327 e. The van der Waals surface area contributed by atoms with E-state index in [-0.39, 0.29) is 5.56 Å². The van der Waals surface area contributed by atoms with Gasteiger partial charge in [0.1, 0.15) is 17.9 Å². The molecule has 148 valence electrons. The Labute approximate surface area is 178 Å². The number of nitrogens with one attached hydrogen (secondary N) is 2. The molecule has 5 heteroatoms. The number of aromatic nitrogens is 2. The van der Waals surface area contributed by atoms with Gasteiger partial charge >= 0.3 is 0 Å². The molecule has 5 aromatic rings. The van der Waals surface area contributed by atoms with Crippen LogP contribution in [-0.2, 0) is 13.1 Å². The second-order valence-electron chi connectivity index (χ2n) is 7.70. The molecule has 1 atom stereocenters. The van der Waals surface area contributed by atoms with Gasteiger partial charge < -0.3 is 9.88 Å². The number of hydrogen-bond donors (Lipinski definition) is 2. The van der Waals surface area contributed by atoms with Gasteiger partial charge in [0.2, 0.25) is 0 Å². The predicted molar refractivity (Wildman–Crippen MR) is 124 cm³/mol. The zero-order valence-corrected chi connectivity index (χ0v) is 17.5. The number of H-pyrrole nitrogens is 1. The fourth-order valence-corrected chi connectivity index (χ4v) is 4.92. The number of rotatable bonds is 5. The van der Waals surface area contributed by atoms with Crippen LogP contribution in [0.4, 0.5) is 0 Å². The second kappa shape index (κ2) is 7.86. The van der Waals surface area contributed by atoms with E-state index < -0.39 is 0 Å². The van der Waals surface area contributed by atoms with E-state index in [0.717, 1.165) is 28.3 Å². The van der Waals surface area contributed by atoms with E-state index in [1.54, 1.807) is 0 Å². The molecule has 2 heterocycles. The highest BCUT2D eigenvalue weighted by molar-refractivity contribution is 7.17. The summed E-state index contributed by atoms with van der Waals surface area (Å²) in [5.74, 6) is 0.729. The van der Waals surface area contributed by atoms with Gasteiger partial charge in [0.05, 0.1) is 12.4 Å². The molecular formula is C25H22N3OS+. The van der Waals surface area contributed by atoms with E-state index >= 15 is 0 Å². The Morgan fingerprint density at radius 3 is 2.53 bits per heavy atom. The summed E-state index contributed by atoms with van der Waals surface area (Å²) in [6, 6.07) is 25.0. The maximum absolute atomic E-state index is 12.8. The normalized spacial score (nSPS) is 12.4. The third-order valence-corrected chi connectivity index (χ3v) is 6.24. The highest BCUT2D eigenvalue weighted by Crippen LogP contribution is 2.30. The Bertz CT molecular complexity index is 1390. The van der Waals surface area contributed by atoms with E-state index in [9.17, 15) is 4.79 Å². The molecule has 0 saturated heterocycles. The molecule has 0 fully saturated rings. The van der Waals surface area contributed by atoms with Gasteiger partial charge in [-0.15, -0.1) is 11.3 Å². The van der Waals surface area contributed by atoms with Gasteiger partial charge in [-0.05, 0) is 22.4 Å². The molecule has 0 aliphatic heterocycles. The average molecular weight is 413 g/mol. The third-order valence-electron chi connectivity index (χ3n) is 5.37. The summed E-state index contributed by atoms with van der Waals surface area (Å²) >= 11 is 1.53. The van der Waals surface area contributed by atoms with Gasteiger partial charge in [-0.2, -0.15) is 0 Å². The Kier molecular flexibility index (Phi) is 4.91. The van der Waals surface area contributed by atoms with Crippen LogP contribution in [0.3, 0.4) is 0 Å². The SMILES string of the molecule is C[NH+](Cc1ccc2ccccc2c1)Cc1nc2scc(-c3ccccc3)c2c(=O)[nH]1. The molecule has 2 N–H and O–H groups in total. The number of thiophene rings is 1. The molecule has 0 amide bonds. The molecule has 3 aromatic carbocycles. The number of benzene rings is 3. The summed E-state index contributed by atoms with van der Waals surface area (Å²) in [6.45, 7) is 1.53. The number of fused-ring (bicyclic) bond motifs is 2. The molecular weight excluding hydrogens is 390 g/mol. The van der Waals surface area contributed by atoms with Gasteiger partial charge in [0.15, 0.2) is 5.82 Å². The minimum absolute atomic E-state index is 0.0615. The zero-order chi connectivity index (χ0) is 20.5. The number of quaternary nitrogens is 1. The minimum atomic E-state index is -0.0615. The van der Waals surface area contributed by atoms with Crippen LogP contribution in [0, 0.1) is 0 Å². The molecule has 5 rings (SSSR count). The van der Waals surface area contributed by atoms with E-state index in [1.807, 2.05) is 35.7 Å². The number of nitrogens with zero attached hydrogens (tertiary/aromatic N) is 1. The lowest BCUT2D eigenvalue weighted by molar-refractivity contribution is -0.908. The van der Waals surface area contributed by atoms with Crippen molar-refractivity contribution in [1.29, 1.82) is 0 Å². The lowest BCUT2D eigenvalue weighted by atomic mass is 10.1. The first-order chi connectivity index (χ1) is 14.7. The Morgan fingerprint density at radius 2 is 1.70 bits per heavy atom. The molecule has 0 spiro atoms. The zero-order valence-electron chi connectivity index (χ0n) is 16.7. The van der Waals surface area contributed by atoms with Crippen LogP contribution in [0.1, 0.15) is 11.4 Å². The molecule has 4 nitrogen and oxygen atoms in total.